The second-order valence-corrected chi connectivity index (χ2v) is 7.62. The van der Waals surface area contributed by atoms with Crippen molar-refractivity contribution < 1.29 is 9.84 Å². The molecule has 0 unspecified atom stereocenters. The number of anilines is 5. The predicted molar refractivity (Wildman–Crippen MR) is 133 cm³/mol. The molecule has 0 saturated heterocycles. The van der Waals surface area contributed by atoms with Crippen LogP contribution in [0.25, 0.3) is 0 Å². The number of phenolic OH excluding ortho intramolecular Hbond substituents is 1. The number of hydrogen-bond donors (Lipinski definition) is 4. The molecule has 33 heavy (non-hydrogen) atoms. The number of phenols is 1. The normalized spacial score (nSPS) is 10.7. The highest BCUT2D eigenvalue weighted by molar-refractivity contribution is 9.10. The first-order valence-electron chi connectivity index (χ1n) is 9.86. The lowest BCUT2D eigenvalue weighted by Gasteiger charge is -2.10. The van der Waals surface area contributed by atoms with Crippen molar-refractivity contribution in [1.82, 2.24) is 15.0 Å². The smallest absolute Gasteiger partial charge is 0.250 e. The van der Waals surface area contributed by atoms with Crippen LogP contribution in [-0.2, 0) is 0 Å². The van der Waals surface area contributed by atoms with Crippen molar-refractivity contribution in [3.05, 3.63) is 82.8 Å². The maximum Gasteiger partial charge on any atom is 0.250 e. The number of methoxy groups -OCH3 is 1. The number of nitrogens with zero attached hydrogens (tertiary/aromatic N) is 4. The summed E-state index contributed by atoms with van der Waals surface area (Å²) in [6.07, 6.45) is 1.45. The van der Waals surface area contributed by atoms with Gasteiger partial charge in [-0.3, -0.25) is 0 Å². The molecule has 0 amide bonds. The highest BCUT2D eigenvalue weighted by atomic mass is 79.9. The molecule has 0 aliphatic rings. The van der Waals surface area contributed by atoms with Crippen LogP contribution < -0.4 is 20.8 Å². The minimum atomic E-state index is -0.0280. The topological polar surface area (TPSA) is 117 Å². The third-order valence-corrected chi connectivity index (χ3v) is 4.81. The minimum absolute atomic E-state index is 0.0280. The molecule has 3 aromatic carbocycles. The Hall–Kier alpha value is -4.18. The van der Waals surface area contributed by atoms with Crippen molar-refractivity contribution in [2.24, 2.45) is 5.10 Å². The lowest BCUT2D eigenvalue weighted by molar-refractivity contribution is 0.373. The number of para-hydroxylation sites is 2. The Balaban J connectivity index is 1.59. The zero-order chi connectivity index (χ0) is 23.0. The standard InChI is InChI=1S/C23H20BrN7O2/c1-33-19-13-16(24)12-15(20(19)32)14-25-31-23-29-21(26-17-8-4-2-5-9-17)28-22(30-23)27-18-10-6-3-7-11-18/h2-14,32H,1H3,(H3,26,27,28,29,30,31). The largest absolute Gasteiger partial charge is 0.504 e. The van der Waals surface area contributed by atoms with Gasteiger partial charge in [-0.05, 0) is 36.4 Å². The number of hydrazone groups is 1. The first-order valence-corrected chi connectivity index (χ1v) is 10.7. The minimum Gasteiger partial charge on any atom is -0.504 e. The van der Waals surface area contributed by atoms with Gasteiger partial charge in [0.15, 0.2) is 11.5 Å². The molecule has 10 heteroatoms. The number of benzene rings is 3. The van der Waals surface area contributed by atoms with Crippen LogP contribution in [-0.4, -0.2) is 33.4 Å². The molecule has 0 atom stereocenters. The van der Waals surface area contributed by atoms with Crippen molar-refractivity contribution in [2.75, 3.05) is 23.2 Å². The van der Waals surface area contributed by atoms with Gasteiger partial charge in [-0.25, -0.2) is 5.43 Å². The Morgan fingerprint density at radius 1 is 0.848 bits per heavy atom. The Labute approximate surface area is 198 Å². The van der Waals surface area contributed by atoms with Crippen LogP contribution >= 0.6 is 15.9 Å². The number of rotatable bonds is 8. The van der Waals surface area contributed by atoms with E-state index in [0.29, 0.717) is 23.2 Å². The van der Waals surface area contributed by atoms with Crippen LogP contribution in [0.2, 0.25) is 0 Å². The molecule has 4 aromatic rings. The Morgan fingerprint density at radius 2 is 1.39 bits per heavy atom. The van der Waals surface area contributed by atoms with E-state index in [1.54, 1.807) is 12.1 Å². The van der Waals surface area contributed by atoms with Crippen LogP contribution in [0.1, 0.15) is 5.56 Å². The summed E-state index contributed by atoms with van der Waals surface area (Å²) < 4.78 is 5.90. The van der Waals surface area contributed by atoms with Crippen molar-refractivity contribution in [3.63, 3.8) is 0 Å². The van der Waals surface area contributed by atoms with E-state index in [1.807, 2.05) is 60.7 Å². The molecule has 0 aliphatic heterocycles. The summed E-state index contributed by atoms with van der Waals surface area (Å²) >= 11 is 3.38. The highest BCUT2D eigenvalue weighted by Gasteiger charge is 2.10. The fourth-order valence-electron chi connectivity index (χ4n) is 2.85. The monoisotopic (exact) mass is 505 g/mol. The van der Waals surface area contributed by atoms with Gasteiger partial charge in [0, 0.05) is 21.4 Å². The zero-order valence-electron chi connectivity index (χ0n) is 17.5. The molecular weight excluding hydrogens is 486 g/mol. The second kappa shape index (κ2) is 10.4. The molecule has 0 saturated carbocycles. The van der Waals surface area contributed by atoms with Gasteiger partial charge in [-0.15, -0.1) is 0 Å². The molecule has 0 radical (unpaired) electrons. The van der Waals surface area contributed by atoms with E-state index in [0.717, 1.165) is 15.8 Å². The summed E-state index contributed by atoms with van der Waals surface area (Å²) in [5.41, 5.74) is 4.90. The Bertz CT molecular complexity index is 1190. The van der Waals surface area contributed by atoms with Crippen LogP contribution in [0, 0.1) is 0 Å². The molecule has 4 N–H and O–H groups in total. The first kappa shape index (κ1) is 22.0. The van der Waals surface area contributed by atoms with E-state index >= 15 is 0 Å². The maximum absolute atomic E-state index is 10.3. The van der Waals surface area contributed by atoms with Gasteiger partial charge in [0.2, 0.25) is 17.8 Å². The number of aromatic nitrogens is 3. The summed E-state index contributed by atoms with van der Waals surface area (Å²) in [7, 11) is 1.48. The third-order valence-electron chi connectivity index (χ3n) is 4.35. The number of ether oxygens (including phenoxy) is 1. The fourth-order valence-corrected chi connectivity index (χ4v) is 3.30. The molecule has 1 heterocycles. The van der Waals surface area contributed by atoms with Gasteiger partial charge in [0.1, 0.15) is 0 Å². The Kier molecular flexibility index (Phi) is 6.96. The Morgan fingerprint density at radius 3 is 1.94 bits per heavy atom. The van der Waals surface area contributed by atoms with Gasteiger partial charge < -0.3 is 20.5 Å². The number of aromatic hydroxyl groups is 1. The molecule has 1 aromatic heterocycles. The third kappa shape index (κ3) is 5.95. The molecule has 166 valence electrons. The highest BCUT2D eigenvalue weighted by Crippen LogP contribution is 2.32. The van der Waals surface area contributed by atoms with Crippen molar-refractivity contribution in [1.29, 1.82) is 0 Å². The number of hydrogen-bond acceptors (Lipinski definition) is 9. The van der Waals surface area contributed by atoms with Gasteiger partial charge in [0.25, 0.3) is 0 Å². The average Bonchev–Trinajstić information content (AvgIpc) is 2.82. The van der Waals surface area contributed by atoms with E-state index in [9.17, 15) is 5.11 Å². The van der Waals surface area contributed by atoms with Crippen LogP contribution in [0.4, 0.5) is 29.2 Å². The van der Waals surface area contributed by atoms with Crippen molar-refractivity contribution in [2.45, 2.75) is 0 Å². The van der Waals surface area contributed by atoms with E-state index in [1.165, 1.54) is 13.3 Å². The molecule has 0 fully saturated rings. The molecule has 0 aliphatic carbocycles. The summed E-state index contributed by atoms with van der Waals surface area (Å²) in [5, 5.41) is 20.8. The summed E-state index contributed by atoms with van der Waals surface area (Å²) in [5.74, 6) is 1.17. The van der Waals surface area contributed by atoms with E-state index in [2.05, 4.69) is 52.0 Å². The second-order valence-electron chi connectivity index (χ2n) is 6.70. The maximum atomic E-state index is 10.3. The number of halogens is 1. The number of nitrogens with one attached hydrogen (secondary N) is 3. The lowest BCUT2D eigenvalue weighted by Crippen LogP contribution is -2.07. The SMILES string of the molecule is COc1cc(Br)cc(C=NNc2nc(Nc3ccccc3)nc(Nc3ccccc3)n2)c1O. The quantitative estimate of drug-likeness (QED) is 0.188. The summed E-state index contributed by atoms with van der Waals surface area (Å²) in [6, 6.07) is 22.5. The molecular formula is C23H20BrN7O2. The molecule has 0 bridgehead atoms. The molecule has 9 nitrogen and oxygen atoms in total. The average molecular weight is 506 g/mol. The van der Waals surface area contributed by atoms with Crippen LogP contribution in [0.15, 0.2) is 82.4 Å². The predicted octanol–water partition coefficient (Wildman–Crippen LogP) is 5.28. The summed E-state index contributed by atoms with van der Waals surface area (Å²) in [4.78, 5) is 13.2. The zero-order valence-corrected chi connectivity index (χ0v) is 19.1. The van der Waals surface area contributed by atoms with Crippen molar-refractivity contribution in [3.8, 4) is 11.5 Å². The van der Waals surface area contributed by atoms with Crippen LogP contribution in [0.3, 0.4) is 0 Å². The van der Waals surface area contributed by atoms with E-state index in [-0.39, 0.29) is 11.7 Å². The van der Waals surface area contributed by atoms with Gasteiger partial charge in [0.05, 0.1) is 13.3 Å². The van der Waals surface area contributed by atoms with Gasteiger partial charge >= 0.3 is 0 Å². The summed E-state index contributed by atoms with van der Waals surface area (Å²) in [6.45, 7) is 0. The molecule has 0 spiro atoms. The fraction of sp³-hybridized carbons (Fsp3) is 0.0435. The van der Waals surface area contributed by atoms with Crippen molar-refractivity contribution >= 4 is 51.4 Å². The lowest BCUT2D eigenvalue weighted by atomic mass is 10.2. The van der Waals surface area contributed by atoms with Crippen LogP contribution in [0.5, 0.6) is 11.5 Å². The van der Waals surface area contributed by atoms with E-state index < -0.39 is 0 Å². The van der Waals surface area contributed by atoms with E-state index in [4.69, 9.17) is 4.74 Å². The van der Waals surface area contributed by atoms with Gasteiger partial charge in [-0.1, -0.05) is 52.3 Å². The van der Waals surface area contributed by atoms with Gasteiger partial charge in [-0.2, -0.15) is 20.1 Å². The first-order chi connectivity index (χ1) is 16.1. The molecule has 4 rings (SSSR count).